The molecule has 0 radical (unpaired) electrons. The summed E-state index contributed by atoms with van der Waals surface area (Å²) in [6.07, 6.45) is 4.20. The van der Waals surface area contributed by atoms with E-state index in [-0.39, 0.29) is 24.6 Å². The number of para-hydroxylation sites is 1. The van der Waals surface area contributed by atoms with Crippen molar-refractivity contribution in [3.8, 4) is 0 Å². The van der Waals surface area contributed by atoms with Crippen molar-refractivity contribution < 1.29 is 9.90 Å². The van der Waals surface area contributed by atoms with E-state index in [9.17, 15) is 9.90 Å². The lowest BCUT2D eigenvalue weighted by Gasteiger charge is -2.41. The normalized spacial score (nSPS) is 26.7. The summed E-state index contributed by atoms with van der Waals surface area (Å²) in [6, 6.07) is 8.40. The monoisotopic (exact) mass is 316 g/mol. The van der Waals surface area contributed by atoms with Gasteiger partial charge in [0.25, 0.3) is 0 Å². The molecule has 1 amide bonds. The van der Waals surface area contributed by atoms with Gasteiger partial charge in [-0.25, -0.2) is 0 Å². The molecule has 3 rings (SSSR count). The Labute approximate surface area is 139 Å². The van der Waals surface area contributed by atoms with Crippen molar-refractivity contribution in [2.24, 2.45) is 5.92 Å². The Morgan fingerprint density at radius 2 is 2.13 bits per heavy atom. The molecule has 3 unspecified atom stereocenters. The number of hydrogen-bond acceptors (Lipinski definition) is 3. The van der Waals surface area contributed by atoms with E-state index in [1.807, 2.05) is 17.9 Å². The second-order valence-corrected chi connectivity index (χ2v) is 7.09. The maximum atomic E-state index is 13.2. The molecule has 2 aliphatic rings. The number of anilines is 1. The van der Waals surface area contributed by atoms with E-state index in [1.54, 1.807) is 0 Å². The second kappa shape index (κ2) is 7.02. The fourth-order valence-corrected chi connectivity index (χ4v) is 3.98. The first-order valence-electron chi connectivity index (χ1n) is 8.87. The van der Waals surface area contributed by atoms with Gasteiger partial charge in [0.15, 0.2) is 0 Å². The highest BCUT2D eigenvalue weighted by atomic mass is 16.3. The molecule has 4 nitrogen and oxygen atoms in total. The second-order valence-electron chi connectivity index (χ2n) is 7.09. The first-order chi connectivity index (χ1) is 11.1. The standard InChI is InChI=1S/C19H28N2O2/c1-14-9-10-17-7-3-4-8-18(17)21(14)19(23)15(2)20-11-5-6-16(12-20)13-22/h3-4,7-8,14-16,22H,5-6,9-13H2,1-2H3. The molecule has 126 valence electrons. The van der Waals surface area contributed by atoms with Gasteiger partial charge in [-0.05, 0) is 63.6 Å². The lowest BCUT2D eigenvalue weighted by molar-refractivity contribution is -0.124. The summed E-state index contributed by atoms with van der Waals surface area (Å²) in [5, 5.41) is 9.43. The zero-order chi connectivity index (χ0) is 16.4. The maximum Gasteiger partial charge on any atom is 0.244 e. The third kappa shape index (κ3) is 3.29. The van der Waals surface area contributed by atoms with Crippen molar-refractivity contribution in [3.05, 3.63) is 29.8 Å². The number of rotatable bonds is 3. The van der Waals surface area contributed by atoms with Gasteiger partial charge in [-0.3, -0.25) is 9.69 Å². The van der Waals surface area contributed by atoms with E-state index in [0.29, 0.717) is 5.92 Å². The summed E-state index contributed by atoms with van der Waals surface area (Å²) in [6.45, 7) is 6.17. The van der Waals surface area contributed by atoms with Gasteiger partial charge in [0.1, 0.15) is 0 Å². The third-order valence-corrected chi connectivity index (χ3v) is 5.47. The van der Waals surface area contributed by atoms with Crippen molar-refractivity contribution in [3.63, 3.8) is 0 Å². The number of nitrogens with zero attached hydrogens (tertiary/aromatic N) is 2. The number of piperidine rings is 1. The first kappa shape index (κ1) is 16.5. The van der Waals surface area contributed by atoms with Gasteiger partial charge >= 0.3 is 0 Å². The summed E-state index contributed by atoms with van der Waals surface area (Å²) in [4.78, 5) is 17.4. The highest BCUT2D eigenvalue weighted by Crippen LogP contribution is 2.32. The van der Waals surface area contributed by atoms with Crippen LogP contribution in [0.4, 0.5) is 5.69 Å². The van der Waals surface area contributed by atoms with Crippen LogP contribution in [0.5, 0.6) is 0 Å². The highest BCUT2D eigenvalue weighted by Gasteiger charge is 2.34. The van der Waals surface area contributed by atoms with Crippen LogP contribution in [0.3, 0.4) is 0 Å². The Hall–Kier alpha value is -1.39. The predicted molar refractivity (Wildman–Crippen MR) is 92.6 cm³/mol. The lowest BCUT2D eigenvalue weighted by Crippen LogP contribution is -2.54. The molecule has 1 aromatic rings. The van der Waals surface area contributed by atoms with E-state index in [4.69, 9.17) is 0 Å². The van der Waals surface area contributed by atoms with Crippen molar-refractivity contribution in [2.75, 3.05) is 24.6 Å². The summed E-state index contributed by atoms with van der Waals surface area (Å²) in [7, 11) is 0. The fourth-order valence-electron chi connectivity index (χ4n) is 3.98. The Kier molecular flexibility index (Phi) is 5.02. The molecule has 3 atom stereocenters. The fraction of sp³-hybridized carbons (Fsp3) is 0.632. The first-order valence-corrected chi connectivity index (χ1v) is 8.87. The number of fused-ring (bicyclic) bond motifs is 1. The zero-order valence-corrected chi connectivity index (χ0v) is 14.2. The number of aryl methyl sites for hydroxylation is 1. The summed E-state index contributed by atoms with van der Waals surface area (Å²) in [5.41, 5.74) is 2.36. The van der Waals surface area contributed by atoms with Crippen LogP contribution in [0.25, 0.3) is 0 Å². The van der Waals surface area contributed by atoms with Crippen LogP contribution in [0.1, 0.15) is 38.7 Å². The number of amides is 1. The Bertz CT molecular complexity index is 560. The number of carbonyl (C=O) groups is 1. The minimum absolute atomic E-state index is 0.127. The van der Waals surface area contributed by atoms with Gasteiger partial charge in [0.2, 0.25) is 5.91 Å². The number of carbonyl (C=O) groups excluding carboxylic acids is 1. The molecule has 0 spiro atoms. The van der Waals surface area contributed by atoms with Crippen LogP contribution < -0.4 is 4.90 Å². The van der Waals surface area contributed by atoms with Crippen molar-refractivity contribution in [1.82, 2.24) is 4.90 Å². The number of benzene rings is 1. The lowest BCUT2D eigenvalue weighted by atomic mass is 9.94. The molecule has 1 aromatic carbocycles. The van der Waals surface area contributed by atoms with Gasteiger partial charge in [0.05, 0.1) is 6.04 Å². The number of hydrogen-bond donors (Lipinski definition) is 1. The average Bonchev–Trinajstić information content (AvgIpc) is 2.60. The molecule has 1 N–H and O–H groups in total. The smallest absolute Gasteiger partial charge is 0.244 e. The van der Waals surface area contributed by atoms with E-state index < -0.39 is 0 Å². The largest absolute Gasteiger partial charge is 0.396 e. The number of aliphatic hydroxyl groups excluding tert-OH is 1. The van der Waals surface area contributed by atoms with Gasteiger partial charge < -0.3 is 10.0 Å². The molecule has 0 aliphatic carbocycles. The van der Waals surface area contributed by atoms with Crippen LogP contribution in [0, 0.1) is 5.92 Å². The van der Waals surface area contributed by atoms with Crippen LogP contribution in [-0.2, 0) is 11.2 Å². The maximum absolute atomic E-state index is 13.2. The van der Waals surface area contributed by atoms with Crippen LogP contribution >= 0.6 is 0 Å². The van der Waals surface area contributed by atoms with E-state index in [0.717, 1.165) is 44.5 Å². The topological polar surface area (TPSA) is 43.8 Å². The summed E-state index contributed by atoms with van der Waals surface area (Å²) < 4.78 is 0. The molecular formula is C19H28N2O2. The number of aliphatic hydroxyl groups is 1. The molecule has 0 saturated carbocycles. The Balaban J connectivity index is 1.79. The predicted octanol–water partition coefficient (Wildman–Crippen LogP) is 2.45. The van der Waals surface area contributed by atoms with E-state index in [1.165, 1.54) is 5.56 Å². The van der Waals surface area contributed by atoms with Gasteiger partial charge in [-0.2, -0.15) is 0 Å². The molecule has 2 heterocycles. The molecule has 0 bridgehead atoms. The van der Waals surface area contributed by atoms with Crippen LogP contribution in [-0.4, -0.2) is 47.7 Å². The molecule has 4 heteroatoms. The minimum atomic E-state index is -0.127. The average molecular weight is 316 g/mol. The summed E-state index contributed by atoms with van der Waals surface area (Å²) in [5.74, 6) is 0.508. The van der Waals surface area contributed by atoms with Gasteiger partial charge in [-0.1, -0.05) is 18.2 Å². The number of likely N-dealkylation sites (tertiary alicyclic amines) is 1. The highest BCUT2D eigenvalue weighted by molar-refractivity contribution is 5.98. The quantitative estimate of drug-likeness (QED) is 0.931. The summed E-state index contributed by atoms with van der Waals surface area (Å²) >= 11 is 0. The molecule has 1 fully saturated rings. The van der Waals surface area contributed by atoms with Crippen molar-refractivity contribution in [2.45, 2.75) is 51.6 Å². The minimum Gasteiger partial charge on any atom is -0.396 e. The van der Waals surface area contributed by atoms with Crippen molar-refractivity contribution in [1.29, 1.82) is 0 Å². The van der Waals surface area contributed by atoms with Crippen LogP contribution in [0.15, 0.2) is 24.3 Å². The van der Waals surface area contributed by atoms with Gasteiger partial charge in [-0.15, -0.1) is 0 Å². The molecule has 0 aromatic heterocycles. The molecular weight excluding hydrogens is 288 g/mol. The van der Waals surface area contributed by atoms with Crippen molar-refractivity contribution >= 4 is 11.6 Å². The zero-order valence-electron chi connectivity index (χ0n) is 14.2. The SMILES string of the molecule is CC(C(=O)N1c2ccccc2CCC1C)N1CCCC(CO)C1. The van der Waals surface area contributed by atoms with E-state index >= 15 is 0 Å². The Morgan fingerprint density at radius 3 is 2.91 bits per heavy atom. The molecule has 2 aliphatic heterocycles. The molecule has 1 saturated heterocycles. The third-order valence-electron chi connectivity index (χ3n) is 5.47. The van der Waals surface area contributed by atoms with E-state index in [2.05, 4.69) is 30.0 Å². The van der Waals surface area contributed by atoms with Crippen LogP contribution in [0.2, 0.25) is 0 Å². The van der Waals surface area contributed by atoms with Gasteiger partial charge in [0, 0.05) is 24.9 Å². The molecule has 23 heavy (non-hydrogen) atoms. The Morgan fingerprint density at radius 1 is 1.35 bits per heavy atom.